The van der Waals surface area contributed by atoms with Crippen LogP contribution in [0.5, 0.6) is 0 Å². The summed E-state index contributed by atoms with van der Waals surface area (Å²) in [5.74, 6) is -0.000601. The summed E-state index contributed by atoms with van der Waals surface area (Å²) in [5, 5.41) is 10.5. The Morgan fingerprint density at radius 3 is 2.71 bits per heavy atom. The summed E-state index contributed by atoms with van der Waals surface area (Å²) in [6, 6.07) is 4.01. The first-order valence-electron chi connectivity index (χ1n) is 6.99. The van der Waals surface area contributed by atoms with Gasteiger partial charge in [0.1, 0.15) is 0 Å². The summed E-state index contributed by atoms with van der Waals surface area (Å²) in [7, 11) is 1.89. The van der Waals surface area contributed by atoms with Gasteiger partial charge in [0, 0.05) is 49.4 Å². The van der Waals surface area contributed by atoms with E-state index in [9.17, 15) is 4.79 Å². The van der Waals surface area contributed by atoms with Crippen molar-refractivity contribution in [2.24, 2.45) is 7.05 Å². The number of hydrogen-bond acceptors (Lipinski definition) is 4. The first-order chi connectivity index (χ1) is 10.1. The van der Waals surface area contributed by atoms with E-state index in [0.717, 1.165) is 16.8 Å². The van der Waals surface area contributed by atoms with Crippen LogP contribution in [0.1, 0.15) is 19.4 Å². The topological polar surface area (TPSA) is 71.8 Å². The molecule has 0 radical (unpaired) electrons. The van der Waals surface area contributed by atoms with Gasteiger partial charge in [0.2, 0.25) is 5.91 Å². The lowest BCUT2D eigenvalue weighted by Crippen LogP contribution is -2.37. The van der Waals surface area contributed by atoms with Crippen molar-refractivity contribution in [3.05, 3.63) is 36.3 Å². The van der Waals surface area contributed by atoms with Crippen LogP contribution in [0.2, 0.25) is 0 Å². The molecule has 0 fully saturated rings. The summed E-state index contributed by atoms with van der Waals surface area (Å²) in [6.07, 6.45) is 5.46. The van der Waals surface area contributed by atoms with Gasteiger partial charge >= 0.3 is 0 Å². The van der Waals surface area contributed by atoms with Gasteiger partial charge in [-0.3, -0.25) is 14.5 Å². The second-order valence-electron chi connectivity index (χ2n) is 5.24. The molecule has 1 amide bonds. The predicted molar refractivity (Wildman–Crippen MR) is 81.4 cm³/mol. The summed E-state index contributed by atoms with van der Waals surface area (Å²) in [5.41, 5.74) is 2.99. The number of hydrogen-bond donors (Lipinski definition) is 2. The van der Waals surface area contributed by atoms with E-state index in [1.165, 1.54) is 0 Å². The third-order valence-corrected chi connectivity index (χ3v) is 2.91. The van der Waals surface area contributed by atoms with Crippen LogP contribution in [-0.4, -0.2) is 33.3 Å². The van der Waals surface area contributed by atoms with Crippen LogP contribution in [0, 0.1) is 0 Å². The number of aryl methyl sites for hydroxylation is 1. The Hall–Kier alpha value is -2.21. The second-order valence-corrected chi connectivity index (χ2v) is 5.24. The number of carbonyl (C=O) groups is 1. The fourth-order valence-electron chi connectivity index (χ4n) is 2.10. The van der Waals surface area contributed by atoms with Gasteiger partial charge in [-0.1, -0.05) is 0 Å². The van der Waals surface area contributed by atoms with E-state index in [2.05, 4.69) is 20.7 Å². The van der Waals surface area contributed by atoms with Crippen molar-refractivity contribution in [1.29, 1.82) is 0 Å². The van der Waals surface area contributed by atoms with Crippen molar-refractivity contribution in [3.8, 4) is 11.3 Å². The highest BCUT2D eigenvalue weighted by molar-refractivity contribution is 5.78. The van der Waals surface area contributed by atoms with Gasteiger partial charge in [-0.2, -0.15) is 5.10 Å². The Bertz CT molecular complexity index is 591. The number of nitrogens with zero attached hydrogens (tertiary/aromatic N) is 3. The Kier molecular flexibility index (Phi) is 5.05. The largest absolute Gasteiger partial charge is 0.353 e. The Labute approximate surface area is 124 Å². The van der Waals surface area contributed by atoms with Gasteiger partial charge in [-0.25, -0.2) is 0 Å². The smallest absolute Gasteiger partial charge is 0.234 e. The summed E-state index contributed by atoms with van der Waals surface area (Å²) >= 11 is 0. The number of amides is 1. The molecule has 0 saturated carbocycles. The third kappa shape index (κ3) is 4.39. The van der Waals surface area contributed by atoms with E-state index in [0.29, 0.717) is 13.1 Å². The van der Waals surface area contributed by atoms with Gasteiger partial charge in [0.15, 0.2) is 0 Å². The molecular weight excluding hydrogens is 266 g/mol. The van der Waals surface area contributed by atoms with Crippen LogP contribution >= 0.6 is 0 Å². The lowest BCUT2D eigenvalue weighted by molar-refractivity contribution is -0.120. The third-order valence-electron chi connectivity index (χ3n) is 2.91. The lowest BCUT2D eigenvalue weighted by atomic mass is 10.1. The van der Waals surface area contributed by atoms with Gasteiger partial charge in [-0.05, 0) is 26.0 Å². The number of nitrogens with one attached hydrogen (secondary N) is 2. The highest BCUT2D eigenvalue weighted by Crippen LogP contribution is 2.20. The second kappa shape index (κ2) is 6.99. The zero-order valence-electron chi connectivity index (χ0n) is 12.6. The van der Waals surface area contributed by atoms with Gasteiger partial charge in [0.25, 0.3) is 0 Å². The molecule has 6 heteroatoms. The van der Waals surface area contributed by atoms with Gasteiger partial charge in [0.05, 0.1) is 12.2 Å². The van der Waals surface area contributed by atoms with Crippen molar-refractivity contribution in [2.75, 3.05) is 6.54 Å². The van der Waals surface area contributed by atoms with E-state index in [1.807, 2.05) is 39.2 Å². The number of aromatic nitrogens is 3. The first-order valence-corrected chi connectivity index (χ1v) is 6.99. The van der Waals surface area contributed by atoms with E-state index < -0.39 is 0 Å². The van der Waals surface area contributed by atoms with Crippen molar-refractivity contribution < 1.29 is 4.79 Å². The zero-order chi connectivity index (χ0) is 15.2. The fourth-order valence-corrected chi connectivity index (χ4v) is 2.10. The molecule has 0 aliphatic rings. The maximum absolute atomic E-state index is 11.6. The molecule has 2 aromatic rings. The van der Waals surface area contributed by atoms with Crippen LogP contribution in [0.15, 0.2) is 30.7 Å². The Morgan fingerprint density at radius 2 is 2.05 bits per heavy atom. The molecule has 0 unspecified atom stereocenters. The molecule has 6 nitrogen and oxygen atoms in total. The summed E-state index contributed by atoms with van der Waals surface area (Å²) < 4.78 is 1.78. The first kappa shape index (κ1) is 15.2. The molecule has 0 atom stereocenters. The molecule has 0 aliphatic heterocycles. The van der Waals surface area contributed by atoms with Crippen molar-refractivity contribution >= 4 is 5.91 Å². The molecule has 2 rings (SSSR count). The highest BCUT2D eigenvalue weighted by atomic mass is 16.1. The van der Waals surface area contributed by atoms with Gasteiger partial charge in [-0.15, -0.1) is 0 Å². The quantitative estimate of drug-likeness (QED) is 0.834. The van der Waals surface area contributed by atoms with Crippen molar-refractivity contribution in [2.45, 2.75) is 26.4 Å². The molecule has 0 spiro atoms. The van der Waals surface area contributed by atoms with Crippen LogP contribution in [0.4, 0.5) is 0 Å². The molecule has 2 aromatic heterocycles. The van der Waals surface area contributed by atoms with Crippen molar-refractivity contribution in [1.82, 2.24) is 25.4 Å². The van der Waals surface area contributed by atoms with Crippen LogP contribution in [-0.2, 0) is 18.4 Å². The van der Waals surface area contributed by atoms with Crippen LogP contribution < -0.4 is 10.6 Å². The molecule has 21 heavy (non-hydrogen) atoms. The maximum Gasteiger partial charge on any atom is 0.234 e. The zero-order valence-corrected chi connectivity index (χ0v) is 12.6. The molecule has 2 heterocycles. The average molecular weight is 287 g/mol. The SMILES string of the molecule is CC(C)NC(=O)CNCc1cn(C)nc1-c1ccncc1. The van der Waals surface area contributed by atoms with Crippen molar-refractivity contribution in [3.63, 3.8) is 0 Å². The fraction of sp³-hybridized carbons (Fsp3) is 0.400. The molecular formula is C15H21N5O. The Balaban J connectivity index is 2.00. The summed E-state index contributed by atoms with van der Waals surface area (Å²) in [4.78, 5) is 15.6. The summed E-state index contributed by atoms with van der Waals surface area (Å²) in [6.45, 7) is 4.78. The normalized spacial score (nSPS) is 10.9. The van der Waals surface area contributed by atoms with Crippen LogP contribution in [0.3, 0.4) is 0 Å². The minimum absolute atomic E-state index is 0.000601. The molecule has 2 N–H and O–H groups in total. The standard InChI is InChI=1S/C15H21N5O/c1-11(2)18-14(21)9-17-8-13-10-20(3)19-15(13)12-4-6-16-7-5-12/h4-7,10-11,17H,8-9H2,1-3H3,(H,18,21). The minimum atomic E-state index is -0.000601. The monoisotopic (exact) mass is 287 g/mol. The maximum atomic E-state index is 11.6. The molecule has 0 bridgehead atoms. The number of carbonyl (C=O) groups excluding carboxylic acids is 1. The number of pyridine rings is 1. The predicted octanol–water partition coefficient (Wildman–Crippen LogP) is 1.10. The molecule has 112 valence electrons. The lowest BCUT2D eigenvalue weighted by Gasteiger charge is -2.09. The molecule has 0 saturated heterocycles. The highest BCUT2D eigenvalue weighted by Gasteiger charge is 2.10. The average Bonchev–Trinajstić information content (AvgIpc) is 2.80. The van der Waals surface area contributed by atoms with Gasteiger partial charge < -0.3 is 10.6 Å². The molecule has 0 aliphatic carbocycles. The van der Waals surface area contributed by atoms with Crippen LogP contribution in [0.25, 0.3) is 11.3 Å². The Morgan fingerprint density at radius 1 is 1.33 bits per heavy atom. The van der Waals surface area contributed by atoms with E-state index in [-0.39, 0.29) is 11.9 Å². The van der Waals surface area contributed by atoms with E-state index in [1.54, 1.807) is 17.1 Å². The number of rotatable bonds is 6. The van der Waals surface area contributed by atoms with E-state index in [4.69, 9.17) is 0 Å². The minimum Gasteiger partial charge on any atom is -0.353 e. The van der Waals surface area contributed by atoms with E-state index >= 15 is 0 Å². The molecule has 0 aromatic carbocycles.